The maximum Gasteiger partial charge on any atom is 0.227 e. The highest BCUT2D eigenvalue weighted by Gasteiger charge is 2.09. The van der Waals surface area contributed by atoms with Gasteiger partial charge in [-0.2, -0.15) is 0 Å². The van der Waals surface area contributed by atoms with E-state index in [-0.39, 0.29) is 0 Å². The summed E-state index contributed by atoms with van der Waals surface area (Å²) in [6, 6.07) is 7.50. The lowest BCUT2D eigenvalue weighted by Gasteiger charge is -2.11. The second kappa shape index (κ2) is 6.75. The van der Waals surface area contributed by atoms with Crippen molar-refractivity contribution in [2.45, 2.75) is 20.8 Å². The Bertz CT molecular complexity index is 573. The molecule has 106 valence electrons. The maximum atomic E-state index is 5.81. The average molecular weight is 273 g/mol. The molecule has 2 rings (SSSR count). The molecule has 0 fully saturated rings. The zero-order valence-electron chi connectivity index (χ0n) is 12.0. The van der Waals surface area contributed by atoms with Gasteiger partial charge < -0.3 is 14.8 Å². The van der Waals surface area contributed by atoms with Crippen molar-refractivity contribution in [1.82, 2.24) is 9.97 Å². The number of nitrogens with one attached hydrogen (secondary N) is 1. The second-order valence-corrected chi connectivity index (χ2v) is 4.19. The number of ether oxygens (including phenoxy) is 2. The monoisotopic (exact) mass is 273 g/mol. The van der Waals surface area contributed by atoms with Gasteiger partial charge in [-0.05, 0) is 32.9 Å². The van der Waals surface area contributed by atoms with Gasteiger partial charge in [0.2, 0.25) is 5.88 Å². The van der Waals surface area contributed by atoms with Gasteiger partial charge >= 0.3 is 0 Å². The number of anilines is 1. The number of hydrogen-bond donors (Lipinski definition) is 1. The predicted molar refractivity (Wildman–Crippen MR) is 78.6 cm³/mol. The summed E-state index contributed by atoms with van der Waals surface area (Å²) in [6.07, 6.45) is 1.49. The molecule has 5 heteroatoms. The minimum absolute atomic E-state index is 0.546. The molecule has 0 spiro atoms. The van der Waals surface area contributed by atoms with Gasteiger partial charge in [0.1, 0.15) is 23.6 Å². The predicted octanol–water partition coefficient (Wildman–Crippen LogP) is 3.41. The highest BCUT2D eigenvalue weighted by Crippen LogP contribution is 2.28. The van der Waals surface area contributed by atoms with E-state index in [0.29, 0.717) is 18.2 Å². The molecule has 0 amide bonds. The third-order valence-electron chi connectivity index (χ3n) is 2.71. The second-order valence-electron chi connectivity index (χ2n) is 4.19. The Morgan fingerprint density at radius 2 is 1.95 bits per heavy atom. The lowest BCUT2D eigenvalue weighted by Crippen LogP contribution is -2.03. The summed E-state index contributed by atoms with van der Waals surface area (Å²) in [4.78, 5) is 8.37. The van der Waals surface area contributed by atoms with Gasteiger partial charge in [0.25, 0.3) is 0 Å². The van der Waals surface area contributed by atoms with Crippen molar-refractivity contribution in [3.05, 3.63) is 36.2 Å². The van der Waals surface area contributed by atoms with Crippen LogP contribution < -0.4 is 14.8 Å². The van der Waals surface area contributed by atoms with E-state index >= 15 is 0 Å². The van der Waals surface area contributed by atoms with Gasteiger partial charge in [-0.25, -0.2) is 9.97 Å². The number of benzene rings is 1. The molecule has 0 radical (unpaired) electrons. The van der Waals surface area contributed by atoms with Crippen molar-refractivity contribution in [2.75, 3.05) is 18.5 Å². The first-order chi connectivity index (χ1) is 9.74. The third kappa shape index (κ3) is 3.38. The van der Waals surface area contributed by atoms with Crippen LogP contribution in [0.25, 0.3) is 0 Å². The van der Waals surface area contributed by atoms with E-state index in [1.807, 2.05) is 45.0 Å². The molecular formula is C15H19N3O2. The lowest BCUT2D eigenvalue weighted by molar-refractivity contribution is 0.338. The van der Waals surface area contributed by atoms with Crippen LogP contribution in [0.4, 0.5) is 5.82 Å². The molecular weight excluding hydrogens is 254 g/mol. The van der Waals surface area contributed by atoms with Crippen molar-refractivity contribution >= 4 is 5.82 Å². The molecule has 0 aliphatic heterocycles. The molecule has 0 unspecified atom stereocenters. The van der Waals surface area contributed by atoms with Crippen molar-refractivity contribution in [3.63, 3.8) is 0 Å². The molecule has 0 atom stereocenters. The smallest absolute Gasteiger partial charge is 0.227 e. The summed E-state index contributed by atoms with van der Waals surface area (Å²) in [7, 11) is 0. The molecule has 0 saturated heterocycles. The fourth-order valence-electron chi connectivity index (χ4n) is 1.79. The molecule has 0 aliphatic carbocycles. The van der Waals surface area contributed by atoms with E-state index < -0.39 is 0 Å². The number of nitrogens with zero attached hydrogens (tertiary/aromatic N) is 2. The van der Waals surface area contributed by atoms with E-state index in [1.54, 1.807) is 0 Å². The summed E-state index contributed by atoms with van der Waals surface area (Å²) in [6.45, 7) is 7.33. The Hall–Kier alpha value is -2.30. The molecule has 0 aliphatic rings. The molecule has 1 N–H and O–H groups in total. The van der Waals surface area contributed by atoms with Crippen LogP contribution in [-0.2, 0) is 0 Å². The summed E-state index contributed by atoms with van der Waals surface area (Å²) in [5.74, 6) is 2.81. The van der Waals surface area contributed by atoms with E-state index in [4.69, 9.17) is 9.47 Å². The summed E-state index contributed by atoms with van der Waals surface area (Å²) >= 11 is 0. The van der Waals surface area contributed by atoms with Crippen molar-refractivity contribution in [3.8, 4) is 17.4 Å². The van der Waals surface area contributed by atoms with Gasteiger partial charge in [0.05, 0.1) is 12.2 Å². The third-order valence-corrected chi connectivity index (χ3v) is 2.71. The van der Waals surface area contributed by atoms with Crippen LogP contribution >= 0.6 is 0 Å². The fourth-order valence-corrected chi connectivity index (χ4v) is 1.79. The Morgan fingerprint density at radius 3 is 2.70 bits per heavy atom. The Kier molecular flexibility index (Phi) is 4.76. The number of rotatable bonds is 6. The topological polar surface area (TPSA) is 56.3 Å². The zero-order valence-corrected chi connectivity index (χ0v) is 12.0. The normalized spacial score (nSPS) is 10.2. The first-order valence-corrected chi connectivity index (χ1v) is 6.70. The highest BCUT2D eigenvalue weighted by atomic mass is 16.5. The first-order valence-electron chi connectivity index (χ1n) is 6.70. The summed E-state index contributed by atoms with van der Waals surface area (Å²) in [5.41, 5.74) is 0.885. The van der Waals surface area contributed by atoms with E-state index in [2.05, 4.69) is 15.3 Å². The number of aromatic nitrogens is 2. The van der Waals surface area contributed by atoms with Crippen molar-refractivity contribution in [1.29, 1.82) is 0 Å². The summed E-state index contributed by atoms with van der Waals surface area (Å²) < 4.78 is 11.3. The van der Waals surface area contributed by atoms with Gasteiger partial charge in [-0.15, -0.1) is 0 Å². The molecule has 0 bridgehead atoms. The van der Waals surface area contributed by atoms with Crippen LogP contribution in [0.15, 0.2) is 30.6 Å². The first kappa shape index (κ1) is 14.1. The summed E-state index contributed by atoms with van der Waals surface area (Å²) in [5, 5.41) is 3.18. The molecule has 20 heavy (non-hydrogen) atoms. The molecule has 1 aromatic carbocycles. The Morgan fingerprint density at radius 1 is 1.15 bits per heavy atom. The zero-order chi connectivity index (χ0) is 14.4. The van der Waals surface area contributed by atoms with Gasteiger partial charge in [-0.3, -0.25) is 0 Å². The Labute approximate surface area is 119 Å². The molecule has 1 heterocycles. The van der Waals surface area contributed by atoms with Gasteiger partial charge in [-0.1, -0.05) is 6.07 Å². The van der Waals surface area contributed by atoms with E-state index in [0.717, 1.165) is 23.7 Å². The van der Waals surface area contributed by atoms with E-state index in [9.17, 15) is 0 Å². The van der Waals surface area contributed by atoms with Crippen LogP contribution in [-0.4, -0.2) is 23.1 Å². The van der Waals surface area contributed by atoms with Crippen LogP contribution in [0.5, 0.6) is 17.4 Å². The van der Waals surface area contributed by atoms with Crippen LogP contribution in [0, 0.1) is 6.92 Å². The van der Waals surface area contributed by atoms with E-state index in [1.165, 1.54) is 6.33 Å². The molecule has 5 nitrogen and oxygen atoms in total. The molecule has 2 aromatic rings. The van der Waals surface area contributed by atoms with Crippen LogP contribution in [0.2, 0.25) is 0 Å². The quantitative estimate of drug-likeness (QED) is 0.874. The van der Waals surface area contributed by atoms with Gasteiger partial charge in [0, 0.05) is 12.6 Å². The average Bonchev–Trinajstić information content (AvgIpc) is 2.44. The minimum Gasteiger partial charge on any atom is -0.494 e. The lowest BCUT2D eigenvalue weighted by atomic mass is 10.3. The largest absolute Gasteiger partial charge is 0.494 e. The minimum atomic E-state index is 0.546. The van der Waals surface area contributed by atoms with Crippen molar-refractivity contribution in [2.24, 2.45) is 0 Å². The molecule has 0 saturated carbocycles. The maximum absolute atomic E-state index is 5.81. The van der Waals surface area contributed by atoms with Gasteiger partial charge in [0.15, 0.2) is 0 Å². The fraction of sp³-hybridized carbons (Fsp3) is 0.333. The SMILES string of the molecule is CCNc1ncnc(Oc2cccc(OCC)c2)c1C. The standard InChI is InChI=1S/C15H19N3O2/c1-4-16-14-11(3)15(18-10-17-14)20-13-8-6-7-12(9-13)19-5-2/h6-10H,4-5H2,1-3H3,(H,16,17,18). The van der Waals surface area contributed by atoms with Crippen LogP contribution in [0.1, 0.15) is 19.4 Å². The molecule has 1 aromatic heterocycles. The number of hydrogen-bond acceptors (Lipinski definition) is 5. The van der Waals surface area contributed by atoms with Crippen molar-refractivity contribution < 1.29 is 9.47 Å². The Balaban J connectivity index is 2.21. The highest BCUT2D eigenvalue weighted by molar-refractivity contribution is 5.48. The van der Waals surface area contributed by atoms with Crippen LogP contribution in [0.3, 0.4) is 0 Å².